The molecule has 0 aliphatic carbocycles. The van der Waals surface area contributed by atoms with Gasteiger partial charge in [0.15, 0.2) is 11.5 Å². The van der Waals surface area contributed by atoms with Crippen LogP contribution < -0.4 is 19.8 Å². The Morgan fingerprint density at radius 3 is 2.68 bits per heavy atom. The molecule has 28 heavy (non-hydrogen) atoms. The van der Waals surface area contributed by atoms with Crippen molar-refractivity contribution in [1.29, 1.82) is 0 Å². The first-order valence-corrected chi connectivity index (χ1v) is 9.24. The van der Waals surface area contributed by atoms with Crippen molar-refractivity contribution in [1.82, 2.24) is 5.43 Å². The number of allylic oxidation sites excluding steroid dienone is 2. The van der Waals surface area contributed by atoms with Crippen LogP contribution in [-0.4, -0.2) is 31.9 Å². The van der Waals surface area contributed by atoms with Crippen LogP contribution >= 0.6 is 0 Å². The van der Waals surface area contributed by atoms with E-state index in [0.717, 1.165) is 5.70 Å². The molecule has 1 unspecified atom stereocenters. The summed E-state index contributed by atoms with van der Waals surface area (Å²) in [5.74, 6) is 0.865. The first-order valence-electron chi connectivity index (χ1n) is 9.24. The van der Waals surface area contributed by atoms with Gasteiger partial charge in [-0.15, -0.1) is 0 Å². The molecular formula is C22H23N3O3. The molecule has 1 amide bonds. The van der Waals surface area contributed by atoms with Crippen molar-refractivity contribution in [2.45, 2.75) is 25.4 Å². The Balaban J connectivity index is 1.41. The number of para-hydroxylation sites is 3. The Labute approximate surface area is 164 Å². The number of hydrogen-bond donors (Lipinski definition) is 1. The number of rotatable bonds is 3. The van der Waals surface area contributed by atoms with Crippen LogP contribution in [0.5, 0.6) is 11.5 Å². The number of nitrogens with zero attached hydrogens (tertiary/aromatic N) is 2. The van der Waals surface area contributed by atoms with E-state index >= 15 is 0 Å². The molecule has 2 aromatic carbocycles. The van der Waals surface area contributed by atoms with Gasteiger partial charge in [-0.2, -0.15) is 5.10 Å². The van der Waals surface area contributed by atoms with Crippen LogP contribution in [-0.2, 0) is 10.2 Å². The standard InChI is InChI=1S/C22H23N3O3/c1-22(2)15-8-4-5-9-16(15)25(3)20(22)12-13-23-24-21(26)19-14-27-17-10-6-7-11-18(17)28-19/h4-13,19H,14H2,1-3H3,(H,24,26)/b20-12-,23-13+. The average Bonchev–Trinajstić information content (AvgIpc) is 2.91. The topological polar surface area (TPSA) is 63.2 Å². The van der Waals surface area contributed by atoms with E-state index in [4.69, 9.17) is 9.47 Å². The normalized spacial score (nSPS) is 21.0. The molecule has 4 rings (SSSR count). The lowest BCUT2D eigenvalue weighted by Crippen LogP contribution is -2.42. The molecule has 0 saturated carbocycles. The number of hydrogen-bond acceptors (Lipinski definition) is 5. The van der Waals surface area contributed by atoms with Crippen LogP contribution in [0.4, 0.5) is 5.69 Å². The maximum absolute atomic E-state index is 12.3. The Bertz CT molecular complexity index is 965. The van der Waals surface area contributed by atoms with Gasteiger partial charge in [0.25, 0.3) is 5.91 Å². The van der Waals surface area contributed by atoms with Gasteiger partial charge in [0, 0.05) is 30.1 Å². The number of fused-ring (bicyclic) bond motifs is 2. The quantitative estimate of drug-likeness (QED) is 0.659. The lowest BCUT2D eigenvalue weighted by molar-refractivity contribution is -0.130. The summed E-state index contributed by atoms with van der Waals surface area (Å²) in [5.41, 5.74) is 5.96. The first kappa shape index (κ1) is 18.1. The van der Waals surface area contributed by atoms with Gasteiger partial charge in [0.1, 0.15) is 6.61 Å². The largest absolute Gasteiger partial charge is 0.485 e. The Kier molecular flexibility index (Phi) is 4.55. The fourth-order valence-corrected chi connectivity index (χ4v) is 3.73. The Morgan fingerprint density at radius 2 is 1.89 bits per heavy atom. The van der Waals surface area contributed by atoms with Gasteiger partial charge in [-0.25, -0.2) is 5.43 Å². The van der Waals surface area contributed by atoms with Crippen molar-refractivity contribution in [3.05, 3.63) is 65.9 Å². The van der Waals surface area contributed by atoms with Gasteiger partial charge in [-0.3, -0.25) is 4.79 Å². The molecule has 0 radical (unpaired) electrons. The van der Waals surface area contributed by atoms with Gasteiger partial charge in [0.2, 0.25) is 6.10 Å². The van der Waals surface area contributed by atoms with E-state index in [1.807, 2.05) is 37.4 Å². The molecule has 2 aliphatic heterocycles. The van der Waals surface area contributed by atoms with Crippen molar-refractivity contribution < 1.29 is 14.3 Å². The second-order valence-electron chi connectivity index (χ2n) is 7.37. The van der Waals surface area contributed by atoms with E-state index in [0.29, 0.717) is 11.5 Å². The summed E-state index contributed by atoms with van der Waals surface area (Å²) in [7, 11) is 2.04. The average molecular weight is 377 g/mol. The number of carbonyl (C=O) groups is 1. The summed E-state index contributed by atoms with van der Waals surface area (Å²) in [5, 5.41) is 4.07. The van der Waals surface area contributed by atoms with Gasteiger partial charge in [-0.1, -0.05) is 44.2 Å². The SMILES string of the molecule is CN1/C(=C\C=N\NC(=O)C2COc3ccccc3O2)C(C)(C)c2ccccc21. The second kappa shape index (κ2) is 7.03. The fourth-order valence-electron chi connectivity index (χ4n) is 3.73. The van der Waals surface area contributed by atoms with Crippen molar-refractivity contribution in [2.24, 2.45) is 5.10 Å². The molecule has 2 heterocycles. The third-order valence-corrected chi connectivity index (χ3v) is 5.22. The highest BCUT2D eigenvalue weighted by Gasteiger charge is 2.37. The monoisotopic (exact) mass is 377 g/mol. The number of likely N-dealkylation sites (N-methyl/N-ethyl adjacent to an activating group) is 1. The predicted molar refractivity (Wildman–Crippen MR) is 109 cm³/mol. The number of anilines is 1. The van der Waals surface area contributed by atoms with Gasteiger partial charge in [-0.05, 0) is 29.8 Å². The summed E-state index contributed by atoms with van der Waals surface area (Å²) in [6, 6.07) is 15.6. The summed E-state index contributed by atoms with van der Waals surface area (Å²) < 4.78 is 11.2. The Hall–Kier alpha value is -3.28. The molecule has 6 nitrogen and oxygen atoms in total. The number of benzene rings is 2. The fraction of sp³-hybridized carbons (Fsp3) is 0.273. The predicted octanol–water partition coefficient (Wildman–Crippen LogP) is 3.24. The highest BCUT2D eigenvalue weighted by Crippen LogP contribution is 2.46. The van der Waals surface area contributed by atoms with Crippen LogP contribution in [0.1, 0.15) is 19.4 Å². The smallest absolute Gasteiger partial charge is 0.284 e. The van der Waals surface area contributed by atoms with Crippen LogP contribution in [0, 0.1) is 0 Å². The van der Waals surface area contributed by atoms with Crippen molar-refractivity contribution in [3.8, 4) is 11.5 Å². The molecule has 144 valence electrons. The van der Waals surface area contributed by atoms with Gasteiger partial charge >= 0.3 is 0 Å². The molecule has 6 heteroatoms. The second-order valence-corrected chi connectivity index (χ2v) is 7.37. The number of nitrogens with one attached hydrogen (secondary N) is 1. The molecular weight excluding hydrogens is 354 g/mol. The summed E-state index contributed by atoms with van der Waals surface area (Å²) in [6.07, 6.45) is 2.80. The highest BCUT2D eigenvalue weighted by atomic mass is 16.6. The summed E-state index contributed by atoms with van der Waals surface area (Å²) in [6.45, 7) is 4.51. The van der Waals surface area contributed by atoms with Gasteiger partial charge < -0.3 is 14.4 Å². The number of ether oxygens (including phenoxy) is 2. The van der Waals surface area contributed by atoms with Crippen LogP contribution in [0.15, 0.2) is 65.4 Å². The minimum Gasteiger partial charge on any atom is -0.485 e. The van der Waals surface area contributed by atoms with E-state index in [1.165, 1.54) is 11.3 Å². The van der Waals surface area contributed by atoms with E-state index in [-0.39, 0.29) is 17.9 Å². The van der Waals surface area contributed by atoms with Crippen molar-refractivity contribution >= 4 is 17.8 Å². The zero-order valence-electron chi connectivity index (χ0n) is 16.2. The van der Waals surface area contributed by atoms with Crippen LogP contribution in [0.3, 0.4) is 0 Å². The van der Waals surface area contributed by atoms with Gasteiger partial charge in [0.05, 0.1) is 0 Å². The van der Waals surface area contributed by atoms with Crippen LogP contribution in [0.2, 0.25) is 0 Å². The maximum Gasteiger partial charge on any atom is 0.284 e. The van der Waals surface area contributed by atoms with Crippen LogP contribution in [0.25, 0.3) is 0 Å². The zero-order chi connectivity index (χ0) is 19.7. The maximum atomic E-state index is 12.3. The molecule has 0 saturated heterocycles. The van der Waals surface area contributed by atoms with E-state index < -0.39 is 6.10 Å². The van der Waals surface area contributed by atoms with Crippen molar-refractivity contribution in [3.63, 3.8) is 0 Å². The van der Waals surface area contributed by atoms with Crippen molar-refractivity contribution in [2.75, 3.05) is 18.6 Å². The molecule has 0 aromatic heterocycles. The lowest BCUT2D eigenvalue weighted by atomic mass is 9.84. The number of carbonyl (C=O) groups excluding carboxylic acids is 1. The zero-order valence-corrected chi connectivity index (χ0v) is 16.2. The number of hydrazone groups is 1. The molecule has 0 spiro atoms. The summed E-state index contributed by atoms with van der Waals surface area (Å²) in [4.78, 5) is 14.5. The van der Waals surface area contributed by atoms with E-state index in [1.54, 1.807) is 12.3 Å². The molecule has 1 atom stereocenters. The third kappa shape index (κ3) is 3.11. The number of amides is 1. The third-order valence-electron chi connectivity index (χ3n) is 5.22. The molecule has 0 bridgehead atoms. The molecule has 1 N–H and O–H groups in total. The van der Waals surface area contributed by atoms with E-state index in [9.17, 15) is 4.79 Å². The Morgan fingerprint density at radius 1 is 1.18 bits per heavy atom. The summed E-state index contributed by atoms with van der Waals surface area (Å²) >= 11 is 0. The molecule has 0 fully saturated rings. The first-order chi connectivity index (χ1) is 13.5. The molecule has 2 aliphatic rings. The lowest BCUT2D eigenvalue weighted by Gasteiger charge is -2.24. The molecule has 2 aromatic rings. The minimum atomic E-state index is -0.727. The highest BCUT2D eigenvalue weighted by molar-refractivity contribution is 5.84. The van der Waals surface area contributed by atoms with E-state index in [2.05, 4.69) is 47.5 Å². The minimum absolute atomic E-state index is 0.134.